The fraction of sp³-hybridized carbons (Fsp3) is 0.778. The Labute approximate surface area is 77.7 Å². The van der Waals surface area contributed by atoms with Gasteiger partial charge in [0.05, 0.1) is 0 Å². The molecule has 1 atom stereocenters. The molecule has 1 aromatic heterocycles. The number of hydrogen-bond acceptors (Lipinski definition) is 4. The highest BCUT2D eigenvalue weighted by atomic mass is 16.5. The van der Waals surface area contributed by atoms with Gasteiger partial charge in [-0.15, -0.1) is 0 Å². The van der Waals surface area contributed by atoms with Gasteiger partial charge in [0, 0.05) is 5.92 Å². The maximum absolute atomic E-state index is 5.17. The van der Waals surface area contributed by atoms with Crippen LogP contribution in [0.3, 0.4) is 0 Å². The topological polar surface area (TPSA) is 51.0 Å². The molecule has 4 heteroatoms. The monoisotopic (exact) mass is 181 g/mol. The molecular weight excluding hydrogens is 166 g/mol. The molecule has 4 nitrogen and oxygen atoms in total. The molecule has 1 N–H and O–H groups in total. The molecule has 1 aliphatic heterocycles. The molecule has 2 heterocycles. The molecule has 1 aliphatic rings. The Balaban J connectivity index is 2.06. The Hall–Kier alpha value is -0.900. The minimum atomic E-state index is 0.469. The molecule has 0 saturated carbocycles. The maximum Gasteiger partial charge on any atom is 0.229 e. The molecule has 1 aromatic rings. The van der Waals surface area contributed by atoms with Crippen molar-refractivity contribution in [1.82, 2.24) is 15.5 Å². The van der Waals surface area contributed by atoms with Crippen LogP contribution in [0.15, 0.2) is 4.52 Å². The molecule has 0 bridgehead atoms. The highest BCUT2D eigenvalue weighted by Gasteiger charge is 2.19. The van der Waals surface area contributed by atoms with Gasteiger partial charge in [-0.3, -0.25) is 0 Å². The van der Waals surface area contributed by atoms with Crippen molar-refractivity contribution < 1.29 is 4.52 Å². The molecular formula is C9H15N3O. The number of nitrogens with zero attached hydrogens (tertiary/aromatic N) is 2. The van der Waals surface area contributed by atoms with Crippen molar-refractivity contribution in [1.29, 1.82) is 0 Å². The van der Waals surface area contributed by atoms with Gasteiger partial charge in [0.25, 0.3) is 0 Å². The third kappa shape index (κ3) is 2.06. The van der Waals surface area contributed by atoms with Gasteiger partial charge in [-0.05, 0) is 39.3 Å². The van der Waals surface area contributed by atoms with E-state index in [1.165, 1.54) is 6.42 Å². The molecule has 1 saturated heterocycles. The lowest BCUT2D eigenvalue weighted by Gasteiger charge is -2.06. The zero-order chi connectivity index (χ0) is 9.10. The lowest BCUT2D eigenvalue weighted by molar-refractivity contribution is 0.340. The summed E-state index contributed by atoms with van der Waals surface area (Å²) in [4.78, 5) is 4.27. The Kier molecular flexibility index (Phi) is 2.59. The second-order valence-corrected chi connectivity index (χ2v) is 3.56. The lowest BCUT2D eigenvalue weighted by Crippen LogP contribution is -2.13. The molecule has 13 heavy (non-hydrogen) atoms. The number of hydrogen-bond donors (Lipinski definition) is 1. The largest absolute Gasteiger partial charge is 0.339 e. The van der Waals surface area contributed by atoms with Gasteiger partial charge < -0.3 is 9.84 Å². The summed E-state index contributed by atoms with van der Waals surface area (Å²) in [7, 11) is 0. The molecule has 72 valence electrons. The van der Waals surface area contributed by atoms with E-state index in [1.54, 1.807) is 0 Å². The summed E-state index contributed by atoms with van der Waals surface area (Å²) in [6.07, 6.45) is 3.47. The van der Waals surface area contributed by atoms with Gasteiger partial charge in [-0.2, -0.15) is 4.98 Å². The van der Waals surface area contributed by atoms with Gasteiger partial charge in [-0.25, -0.2) is 0 Å². The van der Waals surface area contributed by atoms with Crippen LogP contribution in [0.2, 0.25) is 0 Å². The van der Waals surface area contributed by atoms with E-state index in [0.29, 0.717) is 5.92 Å². The van der Waals surface area contributed by atoms with E-state index in [2.05, 4.69) is 15.5 Å². The van der Waals surface area contributed by atoms with Crippen LogP contribution in [0.5, 0.6) is 0 Å². The zero-order valence-corrected chi connectivity index (χ0v) is 7.92. The Morgan fingerprint density at radius 2 is 2.31 bits per heavy atom. The maximum atomic E-state index is 5.17. The van der Waals surface area contributed by atoms with Crippen molar-refractivity contribution in [2.75, 3.05) is 13.1 Å². The number of aryl methyl sites for hydroxylation is 1. The third-order valence-electron chi connectivity index (χ3n) is 2.47. The summed E-state index contributed by atoms with van der Waals surface area (Å²) in [6.45, 7) is 4.04. The van der Waals surface area contributed by atoms with Crippen LogP contribution >= 0.6 is 0 Å². The first kappa shape index (κ1) is 8.69. The molecule has 0 aromatic carbocycles. The summed E-state index contributed by atoms with van der Waals surface area (Å²) in [5, 5.41) is 7.18. The summed E-state index contributed by atoms with van der Waals surface area (Å²) in [6, 6.07) is 0. The SMILES string of the molecule is Cc1noc(C2CCCNCC2)n1. The number of rotatable bonds is 1. The van der Waals surface area contributed by atoms with Crippen LogP contribution < -0.4 is 5.32 Å². The van der Waals surface area contributed by atoms with Crippen molar-refractivity contribution in [3.63, 3.8) is 0 Å². The van der Waals surface area contributed by atoms with Crippen molar-refractivity contribution in [2.24, 2.45) is 0 Å². The smallest absolute Gasteiger partial charge is 0.229 e. The Bertz CT molecular complexity index is 264. The van der Waals surface area contributed by atoms with E-state index >= 15 is 0 Å². The highest BCUT2D eigenvalue weighted by molar-refractivity contribution is 4.93. The number of nitrogens with one attached hydrogen (secondary N) is 1. The Morgan fingerprint density at radius 3 is 3.08 bits per heavy atom. The first-order valence-corrected chi connectivity index (χ1v) is 4.87. The molecule has 0 spiro atoms. The van der Waals surface area contributed by atoms with E-state index in [1.807, 2.05) is 6.92 Å². The van der Waals surface area contributed by atoms with Gasteiger partial charge in [0.15, 0.2) is 5.82 Å². The van der Waals surface area contributed by atoms with E-state index in [0.717, 1.165) is 37.6 Å². The van der Waals surface area contributed by atoms with Crippen LogP contribution in [0.1, 0.15) is 36.9 Å². The normalized spacial score (nSPS) is 24.2. The molecule has 0 aliphatic carbocycles. The van der Waals surface area contributed by atoms with E-state index < -0.39 is 0 Å². The van der Waals surface area contributed by atoms with E-state index in [4.69, 9.17) is 4.52 Å². The van der Waals surface area contributed by atoms with E-state index in [9.17, 15) is 0 Å². The fourth-order valence-electron chi connectivity index (χ4n) is 1.74. The van der Waals surface area contributed by atoms with Gasteiger partial charge >= 0.3 is 0 Å². The standard InChI is InChI=1S/C9H15N3O/c1-7-11-9(13-12-7)8-3-2-5-10-6-4-8/h8,10H,2-6H2,1H3. The molecule has 2 rings (SSSR count). The molecule has 1 unspecified atom stereocenters. The van der Waals surface area contributed by atoms with Crippen LogP contribution in [0.25, 0.3) is 0 Å². The lowest BCUT2D eigenvalue weighted by atomic mass is 10.0. The highest BCUT2D eigenvalue weighted by Crippen LogP contribution is 2.24. The van der Waals surface area contributed by atoms with Gasteiger partial charge in [0.2, 0.25) is 5.89 Å². The summed E-state index contributed by atoms with van der Waals surface area (Å²) < 4.78 is 5.17. The second kappa shape index (κ2) is 3.87. The van der Waals surface area contributed by atoms with Crippen LogP contribution in [-0.2, 0) is 0 Å². The van der Waals surface area contributed by atoms with Crippen molar-refractivity contribution >= 4 is 0 Å². The van der Waals surface area contributed by atoms with Crippen LogP contribution in [0.4, 0.5) is 0 Å². The first-order chi connectivity index (χ1) is 6.36. The third-order valence-corrected chi connectivity index (χ3v) is 2.47. The quantitative estimate of drug-likeness (QED) is 0.708. The average Bonchev–Trinajstić information content (AvgIpc) is 2.43. The van der Waals surface area contributed by atoms with Crippen LogP contribution in [-0.4, -0.2) is 23.2 Å². The predicted octanol–water partition coefficient (Wildman–Crippen LogP) is 1.24. The summed E-state index contributed by atoms with van der Waals surface area (Å²) >= 11 is 0. The minimum Gasteiger partial charge on any atom is -0.339 e. The van der Waals surface area contributed by atoms with Gasteiger partial charge in [-0.1, -0.05) is 5.16 Å². The fourth-order valence-corrected chi connectivity index (χ4v) is 1.74. The average molecular weight is 181 g/mol. The van der Waals surface area contributed by atoms with Crippen molar-refractivity contribution in [2.45, 2.75) is 32.1 Å². The molecule has 1 fully saturated rings. The Morgan fingerprint density at radius 1 is 1.38 bits per heavy atom. The molecule has 0 amide bonds. The minimum absolute atomic E-state index is 0.469. The first-order valence-electron chi connectivity index (χ1n) is 4.87. The van der Waals surface area contributed by atoms with Crippen LogP contribution in [0, 0.1) is 6.92 Å². The summed E-state index contributed by atoms with van der Waals surface area (Å²) in [5.41, 5.74) is 0. The summed E-state index contributed by atoms with van der Waals surface area (Å²) in [5.74, 6) is 2.03. The molecule has 0 radical (unpaired) electrons. The van der Waals surface area contributed by atoms with Gasteiger partial charge in [0.1, 0.15) is 0 Å². The zero-order valence-electron chi connectivity index (χ0n) is 7.92. The van der Waals surface area contributed by atoms with Crippen molar-refractivity contribution in [3.05, 3.63) is 11.7 Å². The van der Waals surface area contributed by atoms with Crippen molar-refractivity contribution in [3.8, 4) is 0 Å². The number of aromatic nitrogens is 2. The van der Waals surface area contributed by atoms with E-state index in [-0.39, 0.29) is 0 Å². The predicted molar refractivity (Wildman–Crippen MR) is 48.5 cm³/mol. The second-order valence-electron chi connectivity index (χ2n) is 3.56.